The third kappa shape index (κ3) is 7.63. The number of hydrogen-bond acceptors (Lipinski definition) is 5. The Morgan fingerprint density at radius 2 is 1.89 bits per heavy atom. The largest absolute Gasteiger partial charge is 0.375 e. The Kier molecular flexibility index (Phi) is 9.50. The summed E-state index contributed by atoms with van der Waals surface area (Å²) in [5.41, 5.74) is 1.13. The number of ether oxygens (including phenoxy) is 2. The minimum atomic E-state index is -0.554. The van der Waals surface area contributed by atoms with Crippen molar-refractivity contribution >= 4 is 33.2 Å². The van der Waals surface area contributed by atoms with Crippen molar-refractivity contribution in [2.45, 2.75) is 51.9 Å². The maximum Gasteiger partial charge on any atom is 0.242 e. The lowest BCUT2D eigenvalue weighted by Crippen LogP contribution is -2.49. The van der Waals surface area contributed by atoms with E-state index in [2.05, 4.69) is 42.7 Å². The van der Waals surface area contributed by atoms with Crippen LogP contribution in [0.15, 0.2) is 60.7 Å². The van der Waals surface area contributed by atoms with Gasteiger partial charge in [0, 0.05) is 28.6 Å². The molecule has 7 heteroatoms. The van der Waals surface area contributed by atoms with Gasteiger partial charge in [-0.25, -0.2) is 0 Å². The summed E-state index contributed by atoms with van der Waals surface area (Å²) in [4.78, 5) is 26.9. The zero-order chi connectivity index (χ0) is 25.3. The van der Waals surface area contributed by atoms with Crippen LogP contribution >= 0.6 is 11.3 Å². The number of rotatable bonds is 12. The Hall–Kier alpha value is -2.74. The SMILES string of the molecule is CC(C)C[C@H](NC(=O)Cc1cc2ccccc2s1)C(=O)NC[C@H]1CCO[C@@H]1COCc1ccccc1. The second-order valence-electron chi connectivity index (χ2n) is 9.88. The van der Waals surface area contributed by atoms with Crippen molar-refractivity contribution in [1.29, 1.82) is 0 Å². The highest BCUT2D eigenvalue weighted by atomic mass is 32.1. The molecular formula is C29H36N2O4S. The molecule has 0 spiro atoms. The zero-order valence-corrected chi connectivity index (χ0v) is 21.9. The van der Waals surface area contributed by atoms with E-state index in [-0.39, 0.29) is 36.2 Å². The quantitative estimate of drug-likeness (QED) is 0.371. The molecule has 1 aliphatic rings. The monoisotopic (exact) mass is 508 g/mol. The van der Waals surface area contributed by atoms with E-state index >= 15 is 0 Å². The van der Waals surface area contributed by atoms with Crippen LogP contribution in [0, 0.1) is 11.8 Å². The number of thiophene rings is 1. The fourth-order valence-corrected chi connectivity index (χ4v) is 5.63. The van der Waals surface area contributed by atoms with E-state index in [0.29, 0.717) is 32.8 Å². The highest BCUT2D eigenvalue weighted by molar-refractivity contribution is 7.19. The summed E-state index contributed by atoms with van der Waals surface area (Å²) in [6.45, 7) is 6.34. The Bertz CT molecular complexity index is 1100. The lowest BCUT2D eigenvalue weighted by Gasteiger charge is -2.23. The van der Waals surface area contributed by atoms with Crippen molar-refractivity contribution in [3.8, 4) is 0 Å². The number of carbonyl (C=O) groups is 2. The average molecular weight is 509 g/mol. The molecule has 1 fully saturated rings. The van der Waals surface area contributed by atoms with Gasteiger partial charge in [0.25, 0.3) is 0 Å². The van der Waals surface area contributed by atoms with Crippen LogP contribution in [0.3, 0.4) is 0 Å². The van der Waals surface area contributed by atoms with E-state index in [1.165, 1.54) is 0 Å². The summed E-state index contributed by atoms with van der Waals surface area (Å²) in [6, 6.07) is 19.7. The summed E-state index contributed by atoms with van der Waals surface area (Å²) in [5.74, 6) is 0.209. The fourth-order valence-electron chi connectivity index (χ4n) is 4.56. The van der Waals surface area contributed by atoms with Crippen LogP contribution < -0.4 is 10.6 Å². The van der Waals surface area contributed by atoms with Gasteiger partial charge >= 0.3 is 0 Å². The van der Waals surface area contributed by atoms with Crippen molar-refractivity contribution in [2.24, 2.45) is 11.8 Å². The maximum absolute atomic E-state index is 13.1. The van der Waals surface area contributed by atoms with Gasteiger partial charge in [0.05, 0.1) is 25.7 Å². The molecule has 2 aromatic carbocycles. The van der Waals surface area contributed by atoms with Crippen molar-refractivity contribution in [2.75, 3.05) is 19.8 Å². The van der Waals surface area contributed by atoms with Crippen LogP contribution in [-0.2, 0) is 32.1 Å². The predicted molar refractivity (Wildman–Crippen MR) is 144 cm³/mol. The smallest absolute Gasteiger partial charge is 0.242 e. The molecule has 1 aliphatic heterocycles. The van der Waals surface area contributed by atoms with Gasteiger partial charge in [0.2, 0.25) is 11.8 Å². The average Bonchev–Trinajstić information content (AvgIpc) is 3.48. The van der Waals surface area contributed by atoms with Gasteiger partial charge in [-0.1, -0.05) is 62.4 Å². The van der Waals surface area contributed by atoms with E-state index in [4.69, 9.17) is 9.47 Å². The van der Waals surface area contributed by atoms with Crippen LogP contribution in [0.1, 0.15) is 37.1 Å². The molecule has 1 saturated heterocycles. The molecule has 0 saturated carbocycles. The molecule has 1 aromatic heterocycles. The van der Waals surface area contributed by atoms with Crippen molar-refractivity contribution < 1.29 is 19.1 Å². The first-order chi connectivity index (χ1) is 17.5. The number of amides is 2. The van der Waals surface area contributed by atoms with Gasteiger partial charge in [0.15, 0.2) is 0 Å². The summed E-state index contributed by atoms with van der Waals surface area (Å²) in [5, 5.41) is 7.19. The molecule has 0 aliphatic carbocycles. The molecular weight excluding hydrogens is 472 g/mol. The van der Waals surface area contributed by atoms with Crippen LogP contribution in [0.2, 0.25) is 0 Å². The zero-order valence-electron chi connectivity index (χ0n) is 21.1. The summed E-state index contributed by atoms with van der Waals surface area (Å²) in [7, 11) is 0. The standard InChI is InChI=1S/C29H36N2O4S/c1-20(2)14-25(31-28(32)16-24-15-22-10-6-7-11-27(22)36-24)29(33)30-17-23-12-13-35-26(23)19-34-18-21-8-4-3-5-9-21/h3-11,15,20,23,25-26H,12-14,16-19H2,1-2H3,(H,30,33)(H,31,32)/t23-,25+,26-/m1/s1. The number of hydrogen-bond donors (Lipinski definition) is 2. The molecule has 2 amide bonds. The molecule has 0 unspecified atom stereocenters. The molecule has 6 nitrogen and oxygen atoms in total. The van der Waals surface area contributed by atoms with Gasteiger partial charge in [-0.15, -0.1) is 11.3 Å². The normalized spacial score (nSPS) is 18.4. The maximum atomic E-state index is 13.1. The molecule has 4 rings (SSSR count). The highest BCUT2D eigenvalue weighted by Crippen LogP contribution is 2.25. The first-order valence-corrected chi connectivity index (χ1v) is 13.6. The molecule has 36 heavy (non-hydrogen) atoms. The minimum absolute atomic E-state index is 0.0416. The Morgan fingerprint density at radius 1 is 1.11 bits per heavy atom. The predicted octanol–water partition coefficient (Wildman–Crippen LogP) is 4.71. The third-order valence-electron chi connectivity index (χ3n) is 6.45. The van der Waals surface area contributed by atoms with Crippen LogP contribution in [0.5, 0.6) is 0 Å². The van der Waals surface area contributed by atoms with Crippen LogP contribution in [0.4, 0.5) is 0 Å². The Labute approximate surface area is 217 Å². The second kappa shape index (κ2) is 13.0. The topological polar surface area (TPSA) is 76.7 Å². The number of nitrogens with one attached hydrogen (secondary N) is 2. The second-order valence-corrected chi connectivity index (χ2v) is 11.0. The molecule has 3 aromatic rings. The minimum Gasteiger partial charge on any atom is -0.375 e. The van der Waals surface area contributed by atoms with E-state index in [0.717, 1.165) is 26.9 Å². The Morgan fingerprint density at radius 3 is 2.67 bits per heavy atom. The first kappa shape index (κ1) is 26.3. The van der Waals surface area contributed by atoms with Crippen LogP contribution in [0.25, 0.3) is 10.1 Å². The van der Waals surface area contributed by atoms with Gasteiger partial charge < -0.3 is 20.1 Å². The van der Waals surface area contributed by atoms with Crippen LogP contribution in [-0.4, -0.2) is 43.7 Å². The van der Waals surface area contributed by atoms with Gasteiger partial charge in [-0.05, 0) is 41.8 Å². The van der Waals surface area contributed by atoms with Crippen molar-refractivity contribution in [3.05, 3.63) is 71.1 Å². The highest BCUT2D eigenvalue weighted by Gasteiger charge is 2.30. The molecule has 3 atom stereocenters. The van der Waals surface area contributed by atoms with E-state index in [1.807, 2.05) is 42.5 Å². The lowest BCUT2D eigenvalue weighted by atomic mass is 10.00. The molecule has 0 radical (unpaired) electrons. The lowest BCUT2D eigenvalue weighted by molar-refractivity contribution is -0.129. The molecule has 192 valence electrons. The molecule has 0 bridgehead atoms. The summed E-state index contributed by atoms with van der Waals surface area (Å²) < 4.78 is 12.9. The van der Waals surface area contributed by atoms with Crippen molar-refractivity contribution in [3.63, 3.8) is 0 Å². The Balaban J connectivity index is 1.26. The number of benzene rings is 2. The number of fused-ring (bicyclic) bond motifs is 1. The van der Waals surface area contributed by atoms with Gasteiger partial charge in [-0.2, -0.15) is 0 Å². The van der Waals surface area contributed by atoms with Crippen molar-refractivity contribution in [1.82, 2.24) is 10.6 Å². The van der Waals surface area contributed by atoms with E-state index < -0.39 is 6.04 Å². The van der Waals surface area contributed by atoms with Gasteiger partial charge in [-0.3, -0.25) is 9.59 Å². The van der Waals surface area contributed by atoms with E-state index in [1.54, 1.807) is 11.3 Å². The molecule has 2 N–H and O–H groups in total. The van der Waals surface area contributed by atoms with Gasteiger partial charge in [0.1, 0.15) is 6.04 Å². The van der Waals surface area contributed by atoms with E-state index in [9.17, 15) is 9.59 Å². The fraction of sp³-hybridized carbons (Fsp3) is 0.448. The first-order valence-electron chi connectivity index (χ1n) is 12.8. The summed E-state index contributed by atoms with van der Waals surface area (Å²) in [6.07, 6.45) is 1.71. The summed E-state index contributed by atoms with van der Waals surface area (Å²) >= 11 is 1.62. The number of carbonyl (C=O) groups excluding carboxylic acids is 2. The molecule has 2 heterocycles. The third-order valence-corrected chi connectivity index (χ3v) is 7.56.